The number of rotatable bonds is 3. The summed E-state index contributed by atoms with van der Waals surface area (Å²) in [4.78, 5) is 10.4. The van der Waals surface area contributed by atoms with Crippen LogP contribution in [-0.4, -0.2) is 17.7 Å². The molecule has 0 fully saturated rings. The van der Waals surface area contributed by atoms with Crippen LogP contribution in [0.3, 0.4) is 0 Å². The highest BCUT2D eigenvalue weighted by molar-refractivity contribution is 7.80. The minimum absolute atomic E-state index is 0.172. The summed E-state index contributed by atoms with van der Waals surface area (Å²) < 4.78 is 4.99. The third-order valence-electron chi connectivity index (χ3n) is 1.01. The molecule has 0 aromatic carbocycles. The normalized spacial score (nSPS) is 8.91. The first-order valence-corrected chi connectivity index (χ1v) is 4.02. The Kier molecular flexibility index (Phi) is 5.74. The van der Waals surface area contributed by atoms with Gasteiger partial charge < -0.3 is 4.74 Å². The molecule has 0 saturated carbocycles. The average Bonchev–Trinajstić information content (AvgIpc) is 1.86. The van der Waals surface area contributed by atoms with Gasteiger partial charge >= 0.3 is 0 Å². The first-order chi connectivity index (χ1) is 5.16. The van der Waals surface area contributed by atoms with E-state index in [1.54, 1.807) is 0 Å². The fourth-order valence-electron chi connectivity index (χ4n) is 0.489. The van der Waals surface area contributed by atoms with Gasteiger partial charge in [0.05, 0.1) is 6.61 Å². The molecule has 0 aliphatic rings. The number of nitrogens with one attached hydrogen (secondary N) is 1. The smallest absolute Gasteiger partial charge is 0.263 e. The molecule has 0 rings (SSSR count). The lowest BCUT2D eigenvalue weighted by Crippen LogP contribution is -2.28. The zero-order chi connectivity index (χ0) is 8.69. The number of amides is 1. The maximum absolute atomic E-state index is 10.4. The van der Waals surface area contributed by atoms with Crippen molar-refractivity contribution in [3.63, 3.8) is 0 Å². The van der Waals surface area contributed by atoms with Crippen molar-refractivity contribution in [2.75, 3.05) is 6.61 Å². The van der Waals surface area contributed by atoms with E-state index in [4.69, 9.17) is 4.74 Å². The van der Waals surface area contributed by atoms with E-state index in [0.717, 1.165) is 12.8 Å². The third-order valence-corrected chi connectivity index (χ3v) is 1.23. The third kappa shape index (κ3) is 7.25. The van der Waals surface area contributed by atoms with Crippen LogP contribution < -0.4 is 5.32 Å². The Labute approximate surface area is 72.1 Å². The van der Waals surface area contributed by atoms with Crippen molar-refractivity contribution in [3.8, 4) is 0 Å². The molecule has 0 saturated heterocycles. The molecule has 11 heavy (non-hydrogen) atoms. The van der Waals surface area contributed by atoms with Crippen LogP contribution in [0.2, 0.25) is 0 Å². The van der Waals surface area contributed by atoms with Crippen molar-refractivity contribution in [3.05, 3.63) is 0 Å². The lowest BCUT2D eigenvalue weighted by Gasteiger charge is -2.05. The fourth-order valence-corrected chi connectivity index (χ4v) is 0.716. The zero-order valence-electron chi connectivity index (χ0n) is 6.85. The van der Waals surface area contributed by atoms with Crippen molar-refractivity contribution in [1.29, 1.82) is 0 Å². The molecule has 0 spiro atoms. The summed E-state index contributed by atoms with van der Waals surface area (Å²) in [5.41, 5.74) is 0. The summed E-state index contributed by atoms with van der Waals surface area (Å²) >= 11 is 4.69. The number of carbonyl (C=O) groups is 1. The van der Waals surface area contributed by atoms with Crippen molar-refractivity contribution in [2.24, 2.45) is 0 Å². The molecule has 0 aliphatic carbocycles. The second kappa shape index (κ2) is 6.09. The van der Waals surface area contributed by atoms with Crippen LogP contribution in [0.4, 0.5) is 0 Å². The topological polar surface area (TPSA) is 38.3 Å². The largest absolute Gasteiger partial charge is 0.471 e. The van der Waals surface area contributed by atoms with E-state index in [-0.39, 0.29) is 11.1 Å². The molecule has 0 aromatic rings. The predicted molar refractivity (Wildman–Crippen MR) is 47.3 cm³/mol. The number of hydrogen-bond donors (Lipinski definition) is 1. The quantitative estimate of drug-likeness (QED) is 0.518. The van der Waals surface area contributed by atoms with Gasteiger partial charge in [0.25, 0.3) is 5.17 Å². The van der Waals surface area contributed by atoms with E-state index in [1.165, 1.54) is 6.92 Å². The van der Waals surface area contributed by atoms with E-state index < -0.39 is 0 Å². The molecule has 3 nitrogen and oxygen atoms in total. The van der Waals surface area contributed by atoms with Gasteiger partial charge in [0.15, 0.2) is 0 Å². The monoisotopic (exact) mass is 175 g/mol. The number of unbranched alkanes of at least 4 members (excludes halogenated alkanes) is 1. The Morgan fingerprint density at radius 2 is 2.27 bits per heavy atom. The molecular formula is C7H13NO2S. The van der Waals surface area contributed by atoms with Crippen LogP contribution in [0.15, 0.2) is 0 Å². The molecule has 0 unspecified atom stereocenters. The summed E-state index contributed by atoms with van der Waals surface area (Å²) in [5, 5.41) is 2.54. The molecule has 64 valence electrons. The Morgan fingerprint density at radius 3 is 2.73 bits per heavy atom. The van der Waals surface area contributed by atoms with Crippen LogP contribution >= 0.6 is 12.2 Å². The van der Waals surface area contributed by atoms with Crippen molar-refractivity contribution in [2.45, 2.75) is 26.7 Å². The van der Waals surface area contributed by atoms with Gasteiger partial charge in [0.1, 0.15) is 0 Å². The molecule has 4 heteroatoms. The Morgan fingerprint density at radius 1 is 1.64 bits per heavy atom. The van der Waals surface area contributed by atoms with Crippen molar-refractivity contribution < 1.29 is 9.53 Å². The zero-order valence-corrected chi connectivity index (χ0v) is 7.66. The highest BCUT2D eigenvalue weighted by atomic mass is 32.1. The fraction of sp³-hybridized carbons (Fsp3) is 0.714. The van der Waals surface area contributed by atoms with Crippen LogP contribution in [0.1, 0.15) is 26.7 Å². The maximum atomic E-state index is 10.4. The van der Waals surface area contributed by atoms with Gasteiger partial charge in [-0.3, -0.25) is 10.1 Å². The standard InChI is InChI=1S/C7H13NO2S/c1-3-4-5-10-7(11)8-6(2)9/h3-5H2,1-2H3,(H,8,9,11). The van der Waals surface area contributed by atoms with Gasteiger partial charge in [-0.1, -0.05) is 13.3 Å². The molecule has 0 aromatic heterocycles. The Hall–Kier alpha value is -0.640. The van der Waals surface area contributed by atoms with E-state index in [1.807, 2.05) is 0 Å². The van der Waals surface area contributed by atoms with Crippen molar-refractivity contribution >= 4 is 23.3 Å². The molecule has 0 atom stereocenters. The van der Waals surface area contributed by atoms with Gasteiger partial charge in [0.2, 0.25) is 5.91 Å². The lowest BCUT2D eigenvalue weighted by molar-refractivity contribution is -0.117. The summed E-state index contributed by atoms with van der Waals surface area (Å²) in [7, 11) is 0. The maximum Gasteiger partial charge on any atom is 0.263 e. The number of hydrogen-bond acceptors (Lipinski definition) is 3. The van der Waals surface area contributed by atoms with Crippen LogP contribution in [-0.2, 0) is 9.53 Å². The molecule has 0 aliphatic heterocycles. The molecular weight excluding hydrogens is 162 g/mol. The Balaban J connectivity index is 3.30. The van der Waals surface area contributed by atoms with Crippen LogP contribution in [0.5, 0.6) is 0 Å². The van der Waals surface area contributed by atoms with Gasteiger partial charge in [-0.15, -0.1) is 0 Å². The summed E-state index contributed by atoms with van der Waals surface area (Å²) in [6, 6.07) is 0. The number of ether oxygens (including phenoxy) is 1. The second-order valence-electron chi connectivity index (χ2n) is 2.17. The first kappa shape index (κ1) is 10.4. The highest BCUT2D eigenvalue weighted by Gasteiger charge is 1.97. The van der Waals surface area contributed by atoms with E-state index in [9.17, 15) is 4.79 Å². The molecule has 0 heterocycles. The second-order valence-corrected chi connectivity index (χ2v) is 2.54. The molecule has 1 amide bonds. The number of thiocarbonyl (C=S) groups is 1. The molecule has 0 bridgehead atoms. The summed E-state index contributed by atoms with van der Waals surface area (Å²) in [6.45, 7) is 4.04. The lowest BCUT2D eigenvalue weighted by atomic mass is 10.4. The number of carbonyl (C=O) groups excluding carboxylic acids is 1. The van der Waals surface area contributed by atoms with Crippen LogP contribution in [0, 0.1) is 0 Å². The van der Waals surface area contributed by atoms with Crippen molar-refractivity contribution in [1.82, 2.24) is 5.32 Å². The minimum atomic E-state index is -0.188. The molecule has 1 N–H and O–H groups in total. The molecule has 0 radical (unpaired) electrons. The highest BCUT2D eigenvalue weighted by Crippen LogP contribution is 1.88. The van der Waals surface area contributed by atoms with E-state index in [2.05, 4.69) is 24.5 Å². The Bertz CT molecular complexity index is 147. The minimum Gasteiger partial charge on any atom is -0.471 e. The summed E-state index contributed by atoms with van der Waals surface area (Å²) in [5.74, 6) is -0.188. The van der Waals surface area contributed by atoms with E-state index in [0.29, 0.717) is 6.61 Å². The van der Waals surface area contributed by atoms with Crippen LogP contribution in [0.25, 0.3) is 0 Å². The average molecular weight is 175 g/mol. The summed E-state index contributed by atoms with van der Waals surface area (Å²) in [6.07, 6.45) is 2.02. The van der Waals surface area contributed by atoms with Gasteiger partial charge in [0, 0.05) is 6.92 Å². The first-order valence-electron chi connectivity index (χ1n) is 3.61. The van der Waals surface area contributed by atoms with E-state index >= 15 is 0 Å². The SMILES string of the molecule is CCCCOC(=S)NC(C)=O. The van der Waals surface area contributed by atoms with Gasteiger partial charge in [-0.05, 0) is 18.6 Å². The van der Waals surface area contributed by atoms with Gasteiger partial charge in [-0.2, -0.15) is 0 Å². The van der Waals surface area contributed by atoms with Gasteiger partial charge in [-0.25, -0.2) is 0 Å². The predicted octanol–water partition coefficient (Wildman–Crippen LogP) is 1.22.